The molecule has 0 bridgehead atoms. The summed E-state index contributed by atoms with van der Waals surface area (Å²) in [6, 6.07) is 8.03. The highest BCUT2D eigenvalue weighted by Gasteiger charge is 2.29. The minimum Gasteiger partial charge on any atom is -0.416 e. The first-order chi connectivity index (χ1) is 14.0. The molecule has 1 aliphatic heterocycles. The largest absolute Gasteiger partial charge is 0.416 e. The fourth-order valence-electron chi connectivity index (χ4n) is 4.25. The average molecular weight is 435 g/mol. The van der Waals surface area contributed by atoms with Gasteiger partial charge in [0.15, 0.2) is 15.6 Å². The van der Waals surface area contributed by atoms with Crippen LogP contribution in [0, 0.1) is 5.92 Å². The number of aromatic nitrogens is 2. The van der Waals surface area contributed by atoms with Gasteiger partial charge < -0.3 is 4.42 Å². The van der Waals surface area contributed by atoms with E-state index in [1.807, 2.05) is 12.1 Å². The lowest BCUT2D eigenvalue weighted by Gasteiger charge is -2.22. The van der Waals surface area contributed by atoms with Crippen molar-refractivity contribution in [1.82, 2.24) is 10.2 Å². The molecular formula is C21H26N2O4S2. The first kappa shape index (κ1) is 20.6. The Morgan fingerprint density at radius 3 is 2.52 bits per heavy atom. The van der Waals surface area contributed by atoms with E-state index >= 15 is 0 Å². The Hall–Kier alpha value is -1.67. The fraction of sp³-hybridized carbons (Fsp3) is 0.571. The molecule has 0 amide bonds. The smallest absolute Gasteiger partial charge is 0.277 e. The van der Waals surface area contributed by atoms with Crippen molar-refractivity contribution in [1.29, 1.82) is 0 Å². The minimum atomic E-state index is -2.91. The van der Waals surface area contributed by atoms with Crippen LogP contribution in [0.1, 0.15) is 66.3 Å². The molecular weight excluding hydrogens is 408 g/mol. The van der Waals surface area contributed by atoms with Gasteiger partial charge in [0.2, 0.25) is 5.89 Å². The van der Waals surface area contributed by atoms with E-state index in [0.29, 0.717) is 35.4 Å². The summed E-state index contributed by atoms with van der Waals surface area (Å²) in [7, 11) is -2.91. The summed E-state index contributed by atoms with van der Waals surface area (Å²) in [5.41, 5.74) is 2.04. The monoisotopic (exact) mass is 434 g/mol. The van der Waals surface area contributed by atoms with Crippen molar-refractivity contribution in [2.24, 2.45) is 5.92 Å². The van der Waals surface area contributed by atoms with Crippen LogP contribution in [-0.2, 0) is 16.3 Å². The van der Waals surface area contributed by atoms with Crippen LogP contribution in [0.15, 0.2) is 33.9 Å². The van der Waals surface area contributed by atoms with E-state index in [1.54, 1.807) is 0 Å². The van der Waals surface area contributed by atoms with Gasteiger partial charge in [-0.1, -0.05) is 55.3 Å². The number of hydrogen-bond acceptors (Lipinski definition) is 7. The number of nitrogens with zero attached hydrogens (tertiary/aromatic N) is 2. The van der Waals surface area contributed by atoms with E-state index in [9.17, 15) is 13.2 Å². The van der Waals surface area contributed by atoms with Gasteiger partial charge in [0.05, 0.1) is 17.3 Å². The van der Waals surface area contributed by atoms with Gasteiger partial charge in [-0.25, -0.2) is 8.42 Å². The number of thioether (sulfide) groups is 1. The van der Waals surface area contributed by atoms with Crippen molar-refractivity contribution in [3.05, 3.63) is 41.3 Å². The van der Waals surface area contributed by atoms with Gasteiger partial charge >= 0.3 is 0 Å². The Bertz CT molecular complexity index is 947. The zero-order chi connectivity index (χ0) is 20.3. The molecule has 1 aromatic heterocycles. The SMILES string of the molecule is O=C(CSc1nnc(CC2CCS(=O)(=O)C2)o1)c1ccc(C2CCCCC2)cc1. The maximum Gasteiger partial charge on any atom is 0.277 e. The average Bonchev–Trinajstić information content (AvgIpc) is 3.32. The third-order valence-corrected chi connectivity index (χ3v) is 8.53. The molecule has 4 rings (SSSR count). The van der Waals surface area contributed by atoms with Crippen LogP contribution in [-0.4, -0.2) is 41.7 Å². The second kappa shape index (κ2) is 9.00. The zero-order valence-corrected chi connectivity index (χ0v) is 18.0. The summed E-state index contributed by atoms with van der Waals surface area (Å²) in [5, 5.41) is 8.33. The van der Waals surface area contributed by atoms with E-state index < -0.39 is 9.84 Å². The van der Waals surface area contributed by atoms with E-state index in [1.165, 1.54) is 49.4 Å². The second-order valence-electron chi connectivity index (χ2n) is 8.10. The molecule has 2 aliphatic rings. The first-order valence-corrected chi connectivity index (χ1v) is 13.1. The fourth-order valence-corrected chi connectivity index (χ4v) is 6.78. The molecule has 1 atom stereocenters. The molecule has 0 spiro atoms. The predicted octanol–water partition coefficient (Wildman–Crippen LogP) is 4.07. The molecule has 2 heterocycles. The lowest BCUT2D eigenvalue weighted by Crippen LogP contribution is -2.07. The van der Waals surface area contributed by atoms with Gasteiger partial charge in [0.25, 0.3) is 5.22 Å². The molecule has 1 aromatic carbocycles. The maximum atomic E-state index is 12.5. The summed E-state index contributed by atoms with van der Waals surface area (Å²) in [4.78, 5) is 12.5. The molecule has 2 aromatic rings. The standard InChI is InChI=1S/C21H26N2O4S2/c24-19(18-8-6-17(7-9-18)16-4-2-1-3-5-16)13-28-21-23-22-20(27-21)12-15-10-11-29(25,26)14-15/h6-9,15-16H,1-5,10-14H2. The normalized spacial score (nSPS) is 22.0. The molecule has 0 N–H and O–H groups in total. The highest BCUT2D eigenvalue weighted by Crippen LogP contribution is 2.32. The number of rotatable bonds is 7. The number of carbonyl (C=O) groups excluding carboxylic acids is 1. The lowest BCUT2D eigenvalue weighted by molar-refractivity contribution is 0.102. The highest BCUT2D eigenvalue weighted by atomic mass is 32.2. The molecule has 1 aliphatic carbocycles. The number of hydrogen-bond donors (Lipinski definition) is 0. The summed E-state index contributed by atoms with van der Waals surface area (Å²) in [6.07, 6.45) is 7.54. The maximum absolute atomic E-state index is 12.5. The quantitative estimate of drug-likeness (QED) is 0.479. The lowest BCUT2D eigenvalue weighted by atomic mass is 9.84. The van der Waals surface area contributed by atoms with Crippen LogP contribution >= 0.6 is 11.8 Å². The molecule has 2 fully saturated rings. The Labute approximate surface area is 175 Å². The van der Waals surface area contributed by atoms with Crippen LogP contribution in [0.25, 0.3) is 0 Å². The van der Waals surface area contributed by atoms with Crippen molar-refractivity contribution >= 4 is 27.4 Å². The van der Waals surface area contributed by atoms with E-state index in [-0.39, 0.29) is 29.0 Å². The molecule has 8 heteroatoms. The molecule has 29 heavy (non-hydrogen) atoms. The Morgan fingerprint density at radius 2 is 1.83 bits per heavy atom. The van der Waals surface area contributed by atoms with Crippen molar-refractivity contribution in [3.8, 4) is 0 Å². The number of benzene rings is 1. The van der Waals surface area contributed by atoms with E-state index in [0.717, 1.165) is 0 Å². The molecule has 1 saturated carbocycles. The molecule has 6 nitrogen and oxygen atoms in total. The minimum absolute atomic E-state index is 0.0341. The van der Waals surface area contributed by atoms with E-state index in [2.05, 4.69) is 22.3 Å². The molecule has 156 valence electrons. The van der Waals surface area contributed by atoms with Crippen LogP contribution in [0.5, 0.6) is 0 Å². The zero-order valence-electron chi connectivity index (χ0n) is 16.4. The van der Waals surface area contributed by atoms with Crippen LogP contribution < -0.4 is 0 Å². The van der Waals surface area contributed by atoms with E-state index in [4.69, 9.17) is 4.42 Å². The van der Waals surface area contributed by atoms with Crippen LogP contribution in [0.4, 0.5) is 0 Å². The molecule has 1 unspecified atom stereocenters. The summed E-state index contributed by atoms with van der Waals surface area (Å²) in [6.45, 7) is 0. The summed E-state index contributed by atoms with van der Waals surface area (Å²) in [5.74, 6) is 1.82. The number of carbonyl (C=O) groups is 1. The third-order valence-electron chi connectivity index (χ3n) is 5.87. The number of ketones is 1. The van der Waals surface area contributed by atoms with Crippen molar-refractivity contribution in [2.45, 2.75) is 56.1 Å². The second-order valence-corrected chi connectivity index (χ2v) is 11.3. The van der Waals surface area contributed by atoms with Crippen LogP contribution in [0.3, 0.4) is 0 Å². The van der Waals surface area contributed by atoms with Gasteiger partial charge in [-0.3, -0.25) is 4.79 Å². The summed E-state index contributed by atoms with van der Waals surface area (Å²) >= 11 is 1.23. The Morgan fingerprint density at radius 1 is 1.07 bits per heavy atom. The van der Waals surface area contributed by atoms with Gasteiger partial charge in [-0.05, 0) is 36.7 Å². The summed E-state index contributed by atoms with van der Waals surface area (Å²) < 4.78 is 28.7. The topological polar surface area (TPSA) is 90.1 Å². The predicted molar refractivity (Wildman–Crippen MR) is 112 cm³/mol. The number of sulfone groups is 1. The van der Waals surface area contributed by atoms with Gasteiger partial charge in [-0.2, -0.15) is 0 Å². The van der Waals surface area contributed by atoms with Gasteiger partial charge in [-0.15, -0.1) is 10.2 Å². The third kappa shape index (κ3) is 5.48. The number of Topliss-reactive ketones (excluding diaryl/α,β-unsaturated/α-hetero) is 1. The van der Waals surface area contributed by atoms with Gasteiger partial charge in [0.1, 0.15) is 0 Å². The first-order valence-electron chi connectivity index (χ1n) is 10.3. The van der Waals surface area contributed by atoms with Crippen molar-refractivity contribution in [2.75, 3.05) is 17.3 Å². The van der Waals surface area contributed by atoms with Crippen molar-refractivity contribution in [3.63, 3.8) is 0 Å². The highest BCUT2D eigenvalue weighted by molar-refractivity contribution is 7.99. The molecule has 0 radical (unpaired) electrons. The Balaban J connectivity index is 1.28. The Kier molecular flexibility index (Phi) is 6.39. The van der Waals surface area contributed by atoms with Crippen LogP contribution in [0.2, 0.25) is 0 Å². The van der Waals surface area contributed by atoms with Crippen molar-refractivity contribution < 1.29 is 17.6 Å². The van der Waals surface area contributed by atoms with Gasteiger partial charge in [0, 0.05) is 12.0 Å². The molecule has 1 saturated heterocycles.